The SMILES string of the molecule is O=C(NCC1CCCC1C(=O)NCCC(O)C(=O)O)OCC1c2ccccc2-c2ccccc21. The van der Waals surface area contributed by atoms with E-state index in [-0.39, 0.29) is 43.2 Å². The summed E-state index contributed by atoms with van der Waals surface area (Å²) in [5.74, 6) is -1.75. The van der Waals surface area contributed by atoms with Gasteiger partial charge in [0.2, 0.25) is 5.91 Å². The topological polar surface area (TPSA) is 125 Å². The number of fused-ring (bicyclic) bond motifs is 3. The van der Waals surface area contributed by atoms with Crippen molar-refractivity contribution in [3.63, 3.8) is 0 Å². The van der Waals surface area contributed by atoms with E-state index in [4.69, 9.17) is 9.84 Å². The van der Waals surface area contributed by atoms with E-state index in [1.54, 1.807) is 0 Å². The second kappa shape index (κ2) is 10.7. The Morgan fingerprint density at radius 2 is 1.62 bits per heavy atom. The third-order valence-corrected chi connectivity index (χ3v) is 6.85. The number of carbonyl (C=O) groups is 3. The van der Waals surface area contributed by atoms with Crippen LogP contribution in [0.4, 0.5) is 4.79 Å². The zero-order valence-electron chi connectivity index (χ0n) is 18.9. The molecule has 8 heteroatoms. The normalized spacial score (nSPS) is 19.7. The number of benzene rings is 2. The van der Waals surface area contributed by atoms with Gasteiger partial charge in [-0.15, -0.1) is 0 Å². The van der Waals surface area contributed by atoms with Crippen LogP contribution in [0.2, 0.25) is 0 Å². The van der Waals surface area contributed by atoms with E-state index < -0.39 is 18.2 Å². The number of hydrogen-bond acceptors (Lipinski definition) is 5. The average Bonchev–Trinajstić information content (AvgIpc) is 3.44. The van der Waals surface area contributed by atoms with Crippen molar-refractivity contribution in [3.8, 4) is 11.1 Å². The Balaban J connectivity index is 1.26. The molecule has 0 saturated heterocycles. The molecule has 1 saturated carbocycles. The molecule has 0 bridgehead atoms. The predicted molar refractivity (Wildman–Crippen MR) is 125 cm³/mol. The van der Waals surface area contributed by atoms with Crippen LogP contribution in [0.15, 0.2) is 48.5 Å². The van der Waals surface area contributed by atoms with E-state index >= 15 is 0 Å². The fourth-order valence-electron chi connectivity index (χ4n) is 5.08. The summed E-state index contributed by atoms with van der Waals surface area (Å²) in [5, 5.41) is 23.6. The average molecular weight is 467 g/mol. The first kappa shape index (κ1) is 23.8. The smallest absolute Gasteiger partial charge is 0.407 e. The van der Waals surface area contributed by atoms with Gasteiger partial charge < -0.3 is 25.6 Å². The number of aliphatic carboxylic acids is 1. The molecule has 0 heterocycles. The Morgan fingerprint density at radius 3 is 2.26 bits per heavy atom. The summed E-state index contributed by atoms with van der Waals surface area (Å²) in [4.78, 5) is 35.6. The molecule has 0 spiro atoms. The molecule has 8 nitrogen and oxygen atoms in total. The van der Waals surface area contributed by atoms with E-state index in [0.717, 1.165) is 24.0 Å². The van der Waals surface area contributed by atoms with Crippen LogP contribution >= 0.6 is 0 Å². The molecule has 1 fully saturated rings. The fraction of sp³-hybridized carbons (Fsp3) is 0.423. The summed E-state index contributed by atoms with van der Waals surface area (Å²) in [7, 11) is 0. The molecule has 2 amide bonds. The molecular formula is C26H30N2O6. The highest BCUT2D eigenvalue weighted by atomic mass is 16.5. The summed E-state index contributed by atoms with van der Waals surface area (Å²) in [6, 6.07) is 16.3. The van der Waals surface area contributed by atoms with E-state index in [2.05, 4.69) is 34.9 Å². The van der Waals surface area contributed by atoms with Crippen molar-refractivity contribution >= 4 is 18.0 Å². The molecule has 2 aliphatic rings. The van der Waals surface area contributed by atoms with Crippen molar-refractivity contribution in [2.24, 2.45) is 11.8 Å². The molecule has 34 heavy (non-hydrogen) atoms. The van der Waals surface area contributed by atoms with Crippen LogP contribution in [-0.4, -0.2) is 54.0 Å². The summed E-state index contributed by atoms with van der Waals surface area (Å²) in [6.45, 7) is 0.669. The van der Waals surface area contributed by atoms with Gasteiger partial charge in [0.05, 0.1) is 0 Å². The number of carboxylic acid groups (broad SMARTS) is 1. The van der Waals surface area contributed by atoms with Gasteiger partial charge >= 0.3 is 12.1 Å². The lowest BCUT2D eigenvalue weighted by molar-refractivity contribution is -0.147. The van der Waals surface area contributed by atoms with Gasteiger partial charge in [-0.2, -0.15) is 0 Å². The van der Waals surface area contributed by atoms with Gasteiger partial charge in [-0.1, -0.05) is 55.0 Å². The lowest BCUT2D eigenvalue weighted by Crippen LogP contribution is -2.39. The lowest BCUT2D eigenvalue weighted by Gasteiger charge is -2.20. The van der Waals surface area contributed by atoms with Gasteiger partial charge in [-0.25, -0.2) is 9.59 Å². The molecule has 3 unspecified atom stereocenters. The summed E-state index contributed by atoms with van der Waals surface area (Å²) in [6.07, 6.45) is 0.375. The fourth-order valence-corrected chi connectivity index (χ4v) is 5.08. The minimum Gasteiger partial charge on any atom is -0.479 e. The number of carboxylic acids is 1. The molecule has 2 aliphatic carbocycles. The second-order valence-corrected chi connectivity index (χ2v) is 8.94. The number of carbonyl (C=O) groups excluding carboxylic acids is 2. The maximum atomic E-state index is 12.5. The number of rotatable bonds is 9. The van der Waals surface area contributed by atoms with Crippen LogP contribution in [-0.2, 0) is 14.3 Å². The highest BCUT2D eigenvalue weighted by Crippen LogP contribution is 2.44. The van der Waals surface area contributed by atoms with Gasteiger partial charge in [0.25, 0.3) is 0 Å². The van der Waals surface area contributed by atoms with E-state index in [0.29, 0.717) is 13.0 Å². The molecule has 2 aromatic carbocycles. The zero-order valence-corrected chi connectivity index (χ0v) is 18.9. The maximum Gasteiger partial charge on any atom is 0.407 e. The monoisotopic (exact) mass is 466 g/mol. The summed E-state index contributed by atoms with van der Waals surface area (Å²) >= 11 is 0. The first-order valence-corrected chi connectivity index (χ1v) is 11.7. The first-order valence-electron chi connectivity index (χ1n) is 11.7. The number of nitrogens with one attached hydrogen (secondary N) is 2. The third kappa shape index (κ3) is 5.22. The number of ether oxygens (including phenoxy) is 1. The highest BCUT2D eigenvalue weighted by molar-refractivity contribution is 5.80. The quantitative estimate of drug-likeness (QED) is 0.450. The van der Waals surface area contributed by atoms with Gasteiger partial charge in [0.1, 0.15) is 6.61 Å². The number of hydrogen-bond donors (Lipinski definition) is 4. The summed E-state index contributed by atoms with van der Waals surface area (Å²) < 4.78 is 5.57. The van der Waals surface area contributed by atoms with Gasteiger partial charge in [-0.3, -0.25) is 4.79 Å². The van der Waals surface area contributed by atoms with E-state index in [9.17, 15) is 19.5 Å². The van der Waals surface area contributed by atoms with Gasteiger partial charge in [0, 0.05) is 31.3 Å². The van der Waals surface area contributed by atoms with Crippen LogP contribution < -0.4 is 10.6 Å². The number of aliphatic hydroxyl groups is 1. The molecule has 3 atom stereocenters. The standard InChI is InChI=1S/C26H30N2O6/c29-23(25(31)32)12-13-27-24(30)17-11-5-6-16(17)14-28-26(33)34-15-22-20-9-3-1-7-18(20)19-8-2-4-10-21(19)22/h1-4,7-10,16-17,22-23,29H,5-6,11-15H2,(H,27,30)(H,28,33)(H,31,32). The first-order chi connectivity index (χ1) is 16.5. The Hall–Kier alpha value is -3.39. The van der Waals surface area contributed by atoms with E-state index in [1.807, 2.05) is 24.3 Å². The Morgan fingerprint density at radius 1 is 0.971 bits per heavy atom. The largest absolute Gasteiger partial charge is 0.479 e. The molecule has 0 aromatic heterocycles. The van der Waals surface area contributed by atoms with Crippen molar-refractivity contribution in [2.45, 2.75) is 37.7 Å². The Labute approximate surface area is 198 Å². The Kier molecular flexibility index (Phi) is 7.47. The molecule has 2 aromatic rings. The minimum absolute atomic E-state index is 0.00937. The van der Waals surface area contributed by atoms with Crippen LogP contribution in [0, 0.1) is 11.8 Å². The van der Waals surface area contributed by atoms with Gasteiger partial charge in [0.15, 0.2) is 6.10 Å². The lowest BCUT2D eigenvalue weighted by atomic mass is 9.95. The maximum absolute atomic E-state index is 12.5. The second-order valence-electron chi connectivity index (χ2n) is 8.94. The van der Waals surface area contributed by atoms with Crippen LogP contribution in [0.5, 0.6) is 0 Å². The Bertz CT molecular complexity index is 1010. The summed E-state index contributed by atoms with van der Waals surface area (Å²) in [5.41, 5.74) is 4.64. The van der Waals surface area contributed by atoms with Crippen LogP contribution in [0.3, 0.4) is 0 Å². The van der Waals surface area contributed by atoms with Crippen molar-refractivity contribution in [3.05, 3.63) is 59.7 Å². The van der Waals surface area contributed by atoms with Crippen molar-refractivity contribution in [1.29, 1.82) is 0 Å². The van der Waals surface area contributed by atoms with Gasteiger partial charge in [-0.05, 0) is 41.0 Å². The number of alkyl carbamates (subject to hydrolysis) is 1. The predicted octanol–water partition coefficient (Wildman–Crippen LogP) is 2.89. The molecule has 4 rings (SSSR count). The van der Waals surface area contributed by atoms with E-state index in [1.165, 1.54) is 11.1 Å². The molecule has 0 aliphatic heterocycles. The minimum atomic E-state index is -1.49. The third-order valence-electron chi connectivity index (χ3n) is 6.85. The molecule has 4 N–H and O–H groups in total. The zero-order chi connectivity index (χ0) is 24.1. The molecular weight excluding hydrogens is 436 g/mol. The number of amides is 2. The van der Waals surface area contributed by atoms with Crippen molar-refractivity contribution in [1.82, 2.24) is 10.6 Å². The number of aliphatic hydroxyl groups excluding tert-OH is 1. The van der Waals surface area contributed by atoms with Crippen LogP contribution in [0.1, 0.15) is 42.7 Å². The van der Waals surface area contributed by atoms with Crippen molar-refractivity contribution < 1.29 is 29.3 Å². The van der Waals surface area contributed by atoms with Crippen molar-refractivity contribution in [2.75, 3.05) is 19.7 Å². The molecule has 180 valence electrons. The molecule has 0 radical (unpaired) electrons. The van der Waals surface area contributed by atoms with Crippen LogP contribution in [0.25, 0.3) is 11.1 Å². The highest BCUT2D eigenvalue weighted by Gasteiger charge is 2.33.